The molecule has 2 heteroatoms. The molecule has 0 saturated carbocycles. The molecule has 0 unspecified atom stereocenters. The van der Waals surface area contributed by atoms with Crippen molar-refractivity contribution in [3.05, 3.63) is 30.1 Å². The zero-order valence-electron chi connectivity index (χ0n) is 12.2. The van der Waals surface area contributed by atoms with Crippen molar-refractivity contribution in [2.24, 2.45) is 0 Å². The molecule has 0 spiro atoms. The maximum absolute atomic E-state index is 4.22. The van der Waals surface area contributed by atoms with Crippen molar-refractivity contribution >= 4 is 0 Å². The highest BCUT2D eigenvalue weighted by Gasteiger charge is 1.98. The zero-order valence-corrected chi connectivity index (χ0v) is 12.2. The van der Waals surface area contributed by atoms with E-state index in [0.717, 1.165) is 13.0 Å². The van der Waals surface area contributed by atoms with Crippen LogP contribution in [0, 0.1) is 25.7 Å². The van der Waals surface area contributed by atoms with Crippen molar-refractivity contribution in [2.45, 2.75) is 54.5 Å². The topological polar surface area (TPSA) is 17.8 Å². The summed E-state index contributed by atoms with van der Waals surface area (Å²) in [6.45, 7) is 16.6. The van der Waals surface area contributed by atoms with Crippen LogP contribution < -0.4 is 0 Å². The molecule has 0 N–H and O–H groups in total. The first-order valence-electron chi connectivity index (χ1n) is 6.19. The van der Waals surface area contributed by atoms with Crippen LogP contribution in [0.1, 0.15) is 45.4 Å². The lowest BCUT2D eigenvalue weighted by molar-refractivity contribution is 0.586. The minimum atomic E-state index is 1.04. The first kappa shape index (κ1) is 17.9. The maximum atomic E-state index is 4.22. The van der Waals surface area contributed by atoms with Gasteiger partial charge in [-0.15, -0.1) is 5.92 Å². The Hall–Kier alpha value is -1.49. The Kier molecular flexibility index (Phi) is 13.2. The SMILES string of the molecule is C=CC#CC.CC.CCCn1ncc(C)c1C. The minimum absolute atomic E-state index is 1.04. The Morgan fingerprint density at radius 3 is 2.24 bits per heavy atom. The van der Waals surface area contributed by atoms with Crippen LogP contribution in [-0.4, -0.2) is 9.78 Å². The van der Waals surface area contributed by atoms with E-state index in [2.05, 4.69) is 49.0 Å². The molecule has 0 aliphatic heterocycles. The Balaban J connectivity index is 0. The minimum Gasteiger partial charge on any atom is -0.270 e. The Labute approximate surface area is 107 Å². The van der Waals surface area contributed by atoms with E-state index in [0.29, 0.717) is 0 Å². The molecular weight excluding hydrogens is 208 g/mol. The zero-order chi connectivity index (χ0) is 13.7. The molecule has 2 nitrogen and oxygen atoms in total. The predicted octanol–water partition coefficient (Wildman–Crippen LogP) is 4.13. The summed E-state index contributed by atoms with van der Waals surface area (Å²) in [5, 5.41) is 4.22. The molecule has 0 aromatic carbocycles. The third kappa shape index (κ3) is 8.33. The van der Waals surface area contributed by atoms with Gasteiger partial charge >= 0.3 is 0 Å². The summed E-state index contributed by atoms with van der Waals surface area (Å²) in [4.78, 5) is 0. The van der Waals surface area contributed by atoms with Crippen molar-refractivity contribution in [2.75, 3.05) is 0 Å². The highest BCUT2D eigenvalue weighted by atomic mass is 15.3. The fourth-order valence-electron chi connectivity index (χ4n) is 1.08. The number of allylic oxidation sites excluding steroid dienone is 1. The van der Waals surface area contributed by atoms with Crippen LogP contribution in [0.2, 0.25) is 0 Å². The Morgan fingerprint density at radius 1 is 1.41 bits per heavy atom. The monoisotopic (exact) mass is 234 g/mol. The van der Waals surface area contributed by atoms with Gasteiger partial charge in [-0.1, -0.05) is 33.3 Å². The molecule has 0 bridgehead atoms. The molecule has 0 saturated heterocycles. The normalized spacial score (nSPS) is 7.65. The van der Waals surface area contributed by atoms with Crippen molar-refractivity contribution in [1.82, 2.24) is 9.78 Å². The molecule has 17 heavy (non-hydrogen) atoms. The summed E-state index contributed by atoms with van der Waals surface area (Å²) in [7, 11) is 0. The van der Waals surface area contributed by atoms with Crippen LogP contribution in [0.4, 0.5) is 0 Å². The number of aromatic nitrogens is 2. The van der Waals surface area contributed by atoms with Gasteiger partial charge in [0.15, 0.2) is 0 Å². The number of nitrogens with zero attached hydrogens (tertiary/aromatic N) is 2. The van der Waals surface area contributed by atoms with Gasteiger partial charge < -0.3 is 0 Å². The van der Waals surface area contributed by atoms with E-state index in [9.17, 15) is 0 Å². The molecule has 0 amide bonds. The molecular formula is C15H26N2. The van der Waals surface area contributed by atoms with Crippen LogP contribution in [0.15, 0.2) is 18.9 Å². The number of aryl methyl sites for hydroxylation is 2. The molecule has 96 valence electrons. The maximum Gasteiger partial charge on any atom is 0.0521 e. The first-order valence-corrected chi connectivity index (χ1v) is 6.19. The van der Waals surface area contributed by atoms with Crippen LogP contribution >= 0.6 is 0 Å². The summed E-state index contributed by atoms with van der Waals surface area (Å²) in [6.07, 6.45) is 4.65. The lowest BCUT2D eigenvalue weighted by atomic mass is 10.3. The van der Waals surface area contributed by atoms with Gasteiger partial charge in [-0.2, -0.15) is 5.10 Å². The molecule has 1 aromatic rings. The van der Waals surface area contributed by atoms with E-state index >= 15 is 0 Å². The quantitative estimate of drug-likeness (QED) is 0.703. The van der Waals surface area contributed by atoms with Gasteiger partial charge in [-0.05, 0) is 38.8 Å². The average Bonchev–Trinajstić information content (AvgIpc) is 2.66. The van der Waals surface area contributed by atoms with Gasteiger partial charge in [0.1, 0.15) is 0 Å². The van der Waals surface area contributed by atoms with Gasteiger partial charge in [0.2, 0.25) is 0 Å². The lowest BCUT2D eigenvalue weighted by Gasteiger charge is -2.00. The number of hydrogen-bond donors (Lipinski definition) is 0. The second-order valence-electron chi connectivity index (χ2n) is 3.23. The van der Waals surface area contributed by atoms with E-state index in [-0.39, 0.29) is 0 Å². The van der Waals surface area contributed by atoms with Gasteiger partial charge in [-0.3, -0.25) is 4.68 Å². The standard InChI is InChI=1S/C8H14N2.C5H6.C2H6/c1-4-5-10-8(3)7(2)6-9-10;1-3-5-4-2;1-2/h6H,4-5H2,1-3H3;3H,1H2,2H3;1-2H3. The van der Waals surface area contributed by atoms with E-state index in [1.54, 1.807) is 13.0 Å². The number of rotatable bonds is 2. The summed E-state index contributed by atoms with van der Waals surface area (Å²) in [6, 6.07) is 0. The van der Waals surface area contributed by atoms with E-state index in [1.165, 1.54) is 11.3 Å². The smallest absolute Gasteiger partial charge is 0.0521 e. The van der Waals surface area contributed by atoms with E-state index < -0.39 is 0 Å². The fraction of sp³-hybridized carbons (Fsp3) is 0.533. The molecule has 1 rings (SSSR count). The summed E-state index contributed by atoms with van der Waals surface area (Å²) < 4.78 is 2.05. The third-order valence-corrected chi connectivity index (χ3v) is 2.03. The molecule has 1 aromatic heterocycles. The first-order chi connectivity index (χ1) is 8.17. The fourth-order valence-corrected chi connectivity index (χ4v) is 1.08. The Morgan fingerprint density at radius 2 is 2.00 bits per heavy atom. The third-order valence-electron chi connectivity index (χ3n) is 2.03. The molecule has 1 heterocycles. The number of hydrogen-bond acceptors (Lipinski definition) is 1. The van der Waals surface area contributed by atoms with Gasteiger partial charge in [0.05, 0.1) is 6.20 Å². The second kappa shape index (κ2) is 12.6. The van der Waals surface area contributed by atoms with Crippen LogP contribution in [-0.2, 0) is 6.54 Å². The van der Waals surface area contributed by atoms with Crippen LogP contribution in [0.5, 0.6) is 0 Å². The summed E-state index contributed by atoms with van der Waals surface area (Å²) >= 11 is 0. The molecule has 0 aliphatic carbocycles. The van der Waals surface area contributed by atoms with E-state index in [1.807, 2.05) is 20.0 Å². The average molecular weight is 234 g/mol. The lowest BCUT2D eigenvalue weighted by Crippen LogP contribution is -2.00. The van der Waals surface area contributed by atoms with E-state index in [4.69, 9.17) is 0 Å². The molecule has 0 radical (unpaired) electrons. The van der Waals surface area contributed by atoms with Gasteiger partial charge in [0, 0.05) is 12.2 Å². The van der Waals surface area contributed by atoms with Crippen LogP contribution in [0.3, 0.4) is 0 Å². The largest absolute Gasteiger partial charge is 0.270 e. The molecule has 0 atom stereocenters. The molecule has 0 aliphatic rings. The second-order valence-corrected chi connectivity index (χ2v) is 3.23. The highest BCUT2D eigenvalue weighted by Crippen LogP contribution is 2.04. The molecule has 0 fully saturated rings. The van der Waals surface area contributed by atoms with Crippen molar-refractivity contribution in [3.63, 3.8) is 0 Å². The summed E-state index contributed by atoms with van der Waals surface area (Å²) in [5.41, 5.74) is 2.58. The van der Waals surface area contributed by atoms with Crippen molar-refractivity contribution < 1.29 is 0 Å². The van der Waals surface area contributed by atoms with Gasteiger partial charge in [0.25, 0.3) is 0 Å². The van der Waals surface area contributed by atoms with Crippen molar-refractivity contribution in [3.8, 4) is 11.8 Å². The Bertz CT molecular complexity index is 351. The predicted molar refractivity (Wildman–Crippen MR) is 77.0 cm³/mol. The van der Waals surface area contributed by atoms with Gasteiger partial charge in [-0.25, -0.2) is 0 Å². The highest BCUT2D eigenvalue weighted by molar-refractivity contribution is 5.12. The van der Waals surface area contributed by atoms with Crippen molar-refractivity contribution in [1.29, 1.82) is 0 Å². The van der Waals surface area contributed by atoms with Crippen LogP contribution in [0.25, 0.3) is 0 Å². The summed E-state index contributed by atoms with van der Waals surface area (Å²) in [5.74, 6) is 5.27.